The summed E-state index contributed by atoms with van der Waals surface area (Å²) in [5, 5.41) is 3.92. The summed E-state index contributed by atoms with van der Waals surface area (Å²) in [4.78, 5) is 15.9. The number of carbonyl (C=O) groups is 1. The molecule has 0 spiro atoms. The van der Waals surface area contributed by atoms with E-state index in [0.29, 0.717) is 11.5 Å². The Labute approximate surface area is 110 Å². The molecule has 0 saturated heterocycles. The Morgan fingerprint density at radius 1 is 1.32 bits per heavy atom. The maximum atomic E-state index is 11.1. The number of benzene rings is 1. The van der Waals surface area contributed by atoms with Gasteiger partial charge in [0, 0.05) is 11.6 Å². The van der Waals surface area contributed by atoms with Gasteiger partial charge in [-0.25, -0.2) is 0 Å². The van der Waals surface area contributed by atoms with Gasteiger partial charge < -0.3 is 9.26 Å². The Bertz CT molecular complexity index is 548. The second-order valence-electron chi connectivity index (χ2n) is 3.81. The zero-order valence-corrected chi connectivity index (χ0v) is 10.7. The van der Waals surface area contributed by atoms with E-state index < -0.39 is 0 Å². The Kier molecular flexibility index (Phi) is 4.15. The number of nitrogens with zero attached hydrogens (tertiary/aromatic N) is 1. The third kappa shape index (κ3) is 3.32. The summed E-state index contributed by atoms with van der Waals surface area (Å²) in [5.74, 6) is 0.114. The van der Waals surface area contributed by atoms with Gasteiger partial charge in [0.05, 0.1) is 19.9 Å². The van der Waals surface area contributed by atoms with Crippen LogP contribution >= 0.6 is 0 Å². The lowest BCUT2D eigenvalue weighted by molar-refractivity contribution is -0.140. The maximum Gasteiger partial charge on any atom is 0.313 e. The molecular weight excluding hydrogens is 248 g/mol. The van der Waals surface area contributed by atoms with Crippen molar-refractivity contribution in [3.05, 3.63) is 36.1 Å². The molecule has 6 heteroatoms. The van der Waals surface area contributed by atoms with E-state index in [9.17, 15) is 4.79 Å². The molecule has 1 aromatic carbocycles. The number of carbonyl (C=O) groups excluding carboxylic acids is 1. The molecule has 2 rings (SSSR count). The molecule has 0 unspecified atom stereocenters. The summed E-state index contributed by atoms with van der Waals surface area (Å²) in [5.41, 5.74) is 5.12. The van der Waals surface area contributed by atoms with Crippen LogP contribution < -0.4 is 5.48 Å². The molecule has 2 aromatic rings. The lowest BCUT2D eigenvalue weighted by atomic mass is 10.1. The van der Waals surface area contributed by atoms with Gasteiger partial charge in [-0.2, -0.15) is 0 Å². The highest BCUT2D eigenvalue weighted by molar-refractivity contribution is 5.72. The van der Waals surface area contributed by atoms with Crippen molar-refractivity contribution < 1.29 is 18.9 Å². The van der Waals surface area contributed by atoms with E-state index in [0.717, 1.165) is 11.3 Å². The van der Waals surface area contributed by atoms with Gasteiger partial charge in [0.1, 0.15) is 17.9 Å². The minimum absolute atomic E-state index is 0.0762. The normalized spacial score (nSPS) is 10.2. The van der Waals surface area contributed by atoms with Crippen molar-refractivity contribution in [1.82, 2.24) is 5.16 Å². The molecule has 0 fully saturated rings. The minimum atomic E-state index is -0.359. The van der Waals surface area contributed by atoms with Crippen molar-refractivity contribution in [2.75, 3.05) is 19.7 Å². The van der Waals surface area contributed by atoms with Crippen molar-refractivity contribution in [1.29, 1.82) is 0 Å². The molecule has 0 aliphatic rings. The standard InChI is InChI=1S/C13H14N2O4/c1-17-13(16)8-11-7-12(15-19-11)9-3-5-10(6-4-9)14-18-2/h3-7,14H,8H2,1-2H3. The third-order valence-electron chi connectivity index (χ3n) is 2.51. The summed E-state index contributed by atoms with van der Waals surface area (Å²) < 4.78 is 9.64. The van der Waals surface area contributed by atoms with Crippen molar-refractivity contribution in [2.45, 2.75) is 6.42 Å². The topological polar surface area (TPSA) is 73.6 Å². The lowest BCUT2D eigenvalue weighted by Crippen LogP contribution is -2.03. The molecule has 1 N–H and O–H groups in total. The average molecular weight is 262 g/mol. The zero-order valence-electron chi connectivity index (χ0n) is 10.7. The SMILES string of the molecule is CONc1ccc(-c2cc(CC(=O)OC)on2)cc1. The molecule has 100 valence electrons. The molecule has 0 radical (unpaired) electrons. The lowest BCUT2D eigenvalue weighted by Gasteiger charge is -2.02. The van der Waals surface area contributed by atoms with Gasteiger partial charge in [0.2, 0.25) is 0 Å². The fourth-order valence-corrected chi connectivity index (χ4v) is 1.57. The molecule has 0 aliphatic heterocycles. The van der Waals surface area contributed by atoms with Crippen LogP contribution in [-0.4, -0.2) is 25.3 Å². The molecular formula is C13H14N2O4. The first kappa shape index (κ1) is 13.1. The van der Waals surface area contributed by atoms with Gasteiger partial charge in [0.15, 0.2) is 0 Å². The first-order valence-corrected chi connectivity index (χ1v) is 5.64. The molecule has 0 atom stereocenters. The van der Waals surface area contributed by atoms with E-state index in [2.05, 4.69) is 15.4 Å². The van der Waals surface area contributed by atoms with Crippen LogP contribution in [0.3, 0.4) is 0 Å². The van der Waals surface area contributed by atoms with Gasteiger partial charge in [-0.15, -0.1) is 0 Å². The number of ether oxygens (including phenoxy) is 1. The zero-order chi connectivity index (χ0) is 13.7. The highest BCUT2D eigenvalue weighted by atomic mass is 16.6. The molecule has 0 amide bonds. The highest BCUT2D eigenvalue weighted by Gasteiger charge is 2.10. The Morgan fingerprint density at radius 2 is 2.05 bits per heavy atom. The molecule has 0 bridgehead atoms. The first-order chi connectivity index (χ1) is 9.22. The second kappa shape index (κ2) is 6.01. The highest BCUT2D eigenvalue weighted by Crippen LogP contribution is 2.21. The van der Waals surface area contributed by atoms with Crippen LogP contribution in [0.1, 0.15) is 5.76 Å². The maximum absolute atomic E-state index is 11.1. The summed E-state index contributed by atoms with van der Waals surface area (Å²) in [6.45, 7) is 0. The Morgan fingerprint density at radius 3 is 2.68 bits per heavy atom. The quantitative estimate of drug-likeness (QED) is 0.656. The molecule has 19 heavy (non-hydrogen) atoms. The fourth-order valence-electron chi connectivity index (χ4n) is 1.57. The van der Waals surface area contributed by atoms with E-state index >= 15 is 0 Å². The van der Waals surface area contributed by atoms with Gasteiger partial charge >= 0.3 is 5.97 Å². The summed E-state index contributed by atoms with van der Waals surface area (Å²) in [6, 6.07) is 9.18. The minimum Gasteiger partial charge on any atom is -0.469 e. The van der Waals surface area contributed by atoms with E-state index in [1.54, 1.807) is 13.2 Å². The van der Waals surface area contributed by atoms with Crippen molar-refractivity contribution in [2.24, 2.45) is 0 Å². The van der Waals surface area contributed by atoms with Crippen molar-refractivity contribution in [3.63, 3.8) is 0 Å². The summed E-state index contributed by atoms with van der Waals surface area (Å²) >= 11 is 0. The average Bonchev–Trinajstić information content (AvgIpc) is 2.88. The van der Waals surface area contributed by atoms with Crippen LogP contribution in [0, 0.1) is 0 Å². The molecule has 0 aliphatic carbocycles. The van der Waals surface area contributed by atoms with Crippen LogP contribution in [0.15, 0.2) is 34.9 Å². The first-order valence-electron chi connectivity index (χ1n) is 5.64. The molecule has 6 nitrogen and oxygen atoms in total. The van der Waals surface area contributed by atoms with Gasteiger partial charge in [0.25, 0.3) is 0 Å². The van der Waals surface area contributed by atoms with E-state index in [-0.39, 0.29) is 12.4 Å². The summed E-state index contributed by atoms with van der Waals surface area (Å²) in [6.07, 6.45) is 0.0762. The largest absolute Gasteiger partial charge is 0.469 e. The Hall–Kier alpha value is -2.34. The fraction of sp³-hybridized carbons (Fsp3) is 0.231. The monoisotopic (exact) mass is 262 g/mol. The third-order valence-corrected chi connectivity index (χ3v) is 2.51. The molecule has 1 heterocycles. The van der Waals surface area contributed by atoms with Gasteiger partial charge in [-0.1, -0.05) is 17.3 Å². The van der Waals surface area contributed by atoms with Crippen LogP contribution in [0.25, 0.3) is 11.3 Å². The number of anilines is 1. The van der Waals surface area contributed by atoms with E-state index in [1.807, 2.05) is 24.3 Å². The smallest absolute Gasteiger partial charge is 0.313 e. The number of esters is 1. The number of nitrogens with one attached hydrogen (secondary N) is 1. The van der Waals surface area contributed by atoms with Crippen LogP contribution in [0.4, 0.5) is 5.69 Å². The van der Waals surface area contributed by atoms with Gasteiger partial charge in [-0.3, -0.25) is 15.1 Å². The van der Waals surface area contributed by atoms with Crippen LogP contribution in [0.5, 0.6) is 0 Å². The number of methoxy groups -OCH3 is 1. The number of hydrogen-bond acceptors (Lipinski definition) is 6. The molecule has 0 saturated carbocycles. The molecule has 1 aromatic heterocycles. The predicted octanol–water partition coefficient (Wildman–Crippen LogP) is 2.03. The number of hydrogen-bond donors (Lipinski definition) is 1. The Balaban J connectivity index is 2.11. The van der Waals surface area contributed by atoms with Crippen LogP contribution in [0.2, 0.25) is 0 Å². The van der Waals surface area contributed by atoms with Crippen molar-refractivity contribution in [3.8, 4) is 11.3 Å². The number of rotatable bonds is 5. The van der Waals surface area contributed by atoms with Crippen molar-refractivity contribution >= 4 is 11.7 Å². The number of aromatic nitrogens is 1. The predicted molar refractivity (Wildman–Crippen MR) is 68.3 cm³/mol. The summed E-state index contributed by atoms with van der Waals surface area (Å²) in [7, 11) is 2.88. The van der Waals surface area contributed by atoms with E-state index in [1.165, 1.54) is 7.11 Å². The van der Waals surface area contributed by atoms with Gasteiger partial charge in [-0.05, 0) is 12.1 Å². The van der Waals surface area contributed by atoms with Crippen LogP contribution in [-0.2, 0) is 20.8 Å². The second-order valence-corrected chi connectivity index (χ2v) is 3.81. The van der Waals surface area contributed by atoms with E-state index in [4.69, 9.17) is 9.36 Å².